The number of fused-ring (bicyclic) bond motifs is 1. The fourth-order valence-electron chi connectivity index (χ4n) is 3.08. The molecule has 1 atom stereocenters. The number of carbonyl (C=O) groups is 1. The summed E-state index contributed by atoms with van der Waals surface area (Å²) in [7, 11) is 0. The highest BCUT2D eigenvalue weighted by Crippen LogP contribution is 2.35. The smallest absolute Gasteiger partial charge is 0.331 e. The van der Waals surface area contributed by atoms with Gasteiger partial charge in [0, 0.05) is 24.2 Å². The Bertz CT molecular complexity index is 722. The number of aryl methyl sites for hydroxylation is 1. The molecule has 1 unspecified atom stereocenters. The van der Waals surface area contributed by atoms with E-state index in [9.17, 15) is 18.0 Å². The predicted molar refractivity (Wildman–Crippen MR) is 85.0 cm³/mol. The maximum atomic E-state index is 12.8. The first kappa shape index (κ1) is 17.0. The molecule has 0 N–H and O–H groups in total. The van der Waals surface area contributed by atoms with E-state index in [1.54, 1.807) is 16.2 Å². The SMILES string of the molecule is CCC1c2ccsc2CCN1C(=O)c1cnn(CCC(F)(F)F)c1. The molecule has 4 nitrogen and oxygen atoms in total. The van der Waals surface area contributed by atoms with Crippen LogP contribution in [0.25, 0.3) is 0 Å². The molecule has 0 aliphatic carbocycles. The van der Waals surface area contributed by atoms with E-state index < -0.39 is 12.6 Å². The second kappa shape index (κ2) is 6.58. The van der Waals surface area contributed by atoms with Gasteiger partial charge in [-0.3, -0.25) is 9.48 Å². The van der Waals surface area contributed by atoms with E-state index in [0.29, 0.717) is 12.1 Å². The zero-order valence-corrected chi connectivity index (χ0v) is 14.0. The number of alkyl halides is 3. The van der Waals surface area contributed by atoms with Crippen molar-refractivity contribution < 1.29 is 18.0 Å². The molecule has 24 heavy (non-hydrogen) atoms. The van der Waals surface area contributed by atoms with Crippen molar-refractivity contribution in [2.75, 3.05) is 6.54 Å². The van der Waals surface area contributed by atoms with Gasteiger partial charge in [-0.15, -0.1) is 11.3 Å². The normalized spacial score (nSPS) is 17.8. The second-order valence-corrected chi connectivity index (χ2v) is 6.83. The third-order valence-corrected chi connectivity index (χ3v) is 5.24. The molecule has 0 bridgehead atoms. The Morgan fingerprint density at radius 3 is 2.96 bits per heavy atom. The molecule has 1 amide bonds. The van der Waals surface area contributed by atoms with Crippen molar-refractivity contribution in [3.63, 3.8) is 0 Å². The number of hydrogen-bond acceptors (Lipinski definition) is 3. The Morgan fingerprint density at radius 2 is 2.25 bits per heavy atom. The summed E-state index contributed by atoms with van der Waals surface area (Å²) in [5, 5.41) is 5.93. The number of hydrogen-bond donors (Lipinski definition) is 0. The van der Waals surface area contributed by atoms with Crippen LogP contribution in [0, 0.1) is 0 Å². The number of rotatable bonds is 4. The van der Waals surface area contributed by atoms with E-state index in [2.05, 4.69) is 11.2 Å². The Kier molecular flexibility index (Phi) is 4.67. The highest BCUT2D eigenvalue weighted by atomic mass is 32.1. The third-order valence-electron chi connectivity index (χ3n) is 4.25. The number of amides is 1. The lowest BCUT2D eigenvalue weighted by molar-refractivity contribution is -0.137. The van der Waals surface area contributed by atoms with Crippen LogP contribution in [0.15, 0.2) is 23.8 Å². The number of carbonyl (C=O) groups excluding carboxylic acids is 1. The molecule has 1 aliphatic heterocycles. The minimum atomic E-state index is -4.23. The Hall–Kier alpha value is -1.83. The van der Waals surface area contributed by atoms with Gasteiger partial charge in [0.05, 0.1) is 24.2 Å². The molecule has 2 aromatic rings. The molecule has 0 saturated carbocycles. The highest BCUT2D eigenvalue weighted by Gasteiger charge is 2.32. The minimum Gasteiger partial charge on any atom is -0.331 e. The van der Waals surface area contributed by atoms with Gasteiger partial charge in [0.1, 0.15) is 0 Å². The number of halogens is 3. The van der Waals surface area contributed by atoms with Crippen LogP contribution in [0.2, 0.25) is 0 Å². The van der Waals surface area contributed by atoms with Crippen LogP contribution in [0.3, 0.4) is 0 Å². The van der Waals surface area contributed by atoms with Gasteiger partial charge in [-0.25, -0.2) is 0 Å². The van der Waals surface area contributed by atoms with Gasteiger partial charge >= 0.3 is 6.18 Å². The number of thiophene rings is 1. The average Bonchev–Trinajstić information content (AvgIpc) is 3.19. The van der Waals surface area contributed by atoms with Crippen LogP contribution in [0.1, 0.15) is 46.6 Å². The standard InChI is InChI=1S/C16H18F3N3OS/c1-2-13-12-4-8-24-14(12)3-6-22(13)15(23)11-9-20-21(10-11)7-5-16(17,18)19/h4,8-10,13H,2-3,5-7H2,1H3. The summed E-state index contributed by atoms with van der Waals surface area (Å²) in [6, 6.07) is 2.08. The first-order chi connectivity index (χ1) is 11.4. The summed E-state index contributed by atoms with van der Waals surface area (Å²) < 4.78 is 38.1. The molecule has 3 rings (SSSR count). The van der Waals surface area contributed by atoms with Crippen LogP contribution >= 0.6 is 11.3 Å². The third kappa shape index (κ3) is 3.48. The fourth-order valence-corrected chi connectivity index (χ4v) is 4.01. The molecular weight excluding hydrogens is 339 g/mol. The molecule has 8 heteroatoms. The minimum absolute atomic E-state index is 0.0195. The first-order valence-corrected chi connectivity index (χ1v) is 8.73. The largest absolute Gasteiger partial charge is 0.390 e. The van der Waals surface area contributed by atoms with Gasteiger partial charge in [0.25, 0.3) is 5.91 Å². The van der Waals surface area contributed by atoms with Crippen LogP contribution in [0.4, 0.5) is 13.2 Å². The predicted octanol–water partition coefficient (Wildman–Crippen LogP) is 4.05. The van der Waals surface area contributed by atoms with Gasteiger partial charge in [-0.05, 0) is 29.9 Å². The van der Waals surface area contributed by atoms with E-state index in [0.717, 1.165) is 12.8 Å². The maximum Gasteiger partial charge on any atom is 0.390 e. The second-order valence-electron chi connectivity index (χ2n) is 5.83. The van der Waals surface area contributed by atoms with Crippen LogP contribution in [0.5, 0.6) is 0 Å². The maximum absolute atomic E-state index is 12.8. The summed E-state index contributed by atoms with van der Waals surface area (Å²) in [5.74, 6) is -0.169. The van der Waals surface area contributed by atoms with E-state index in [4.69, 9.17) is 0 Å². The lowest BCUT2D eigenvalue weighted by Gasteiger charge is -2.35. The molecule has 0 saturated heterocycles. The summed E-state index contributed by atoms with van der Waals surface area (Å²) in [5.41, 5.74) is 1.53. The van der Waals surface area contributed by atoms with Crippen molar-refractivity contribution in [1.29, 1.82) is 0 Å². The zero-order valence-electron chi connectivity index (χ0n) is 13.2. The van der Waals surface area contributed by atoms with Crippen molar-refractivity contribution in [3.05, 3.63) is 39.8 Å². The molecular formula is C16H18F3N3OS. The monoisotopic (exact) mass is 357 g/mol. The Balaban J connectivity index is 1.74. The topological polar surface area (TPSA) is 38.1 Å². The summed E-state index contributed by atoms with van der Waals surface area (Å²) >= 11 is 1.71. The molecule has 0 spiro atoms. The van der Waals surface area contributed by atoms with Crippen molar-refractivity contribution in [2.24, 2.45) is 0 Å². The fraction of sp³-hybridized carbons (Fsp3) is 0.500. The molecule has 3 heterocycles. The molecule has 1 aliphatic rings. The van der Waals surface area contributed by atoms with E-state index in [1.165, 1.54) is 27.5 Å². The summed E-state index contributed by atoms with van der Waals surface area (Å²) in [6.45, 7) is 2.38. The number of nitrogens with zero attached hydrogens (tertiary/aromatic N) is 3. The molecule has 0 radical (unpaired) electrons. The van der Waals surface area contributed by atoms with Gasteiger partial charge in [0.15, 0.2) is 0 Å². The van der Waals surface area contributed by atoms with Crippen molar-refractivity contribution in [3.8, 4) is 0 Å². The van der Waals surface area contributed by atoms with Gasteiger partial charge in [-0.1, -0.05) is 6.92 Å². The molecule has 130 valence electrons. The van der Waals surface area contributed by atoms with Gasteiger partial charge in [0.2, 0.25) is 0 Å². The van der Waals surface area contributed by atoms with Crippen LogP contribution in [-0.4, -0.2) is 33.3 Å². The zero-order chi connectivity index (χ0) is 17.3. The number of aromatic nitrogens is 2. The summed E-state index contributed by atoms with van der Waals surface area (Å²) in [6.07, 6.45) is -0.804. The summed E-state index contributed by atoms with van der Waals surface area (Å²) in [4.78, 5) is 15.9. The first-order valence-electron chi connectivity index (χ1n) is 7.85. The van der Waals surface area contributed by atoms with E-state index in [1.807, 2.05) is 12.3 Å². The van der Waals surface area contributed by atoms with Crippen LogP contribution in [-0.2, 0) is 13.0 Å². The van der Waals surface area contributed by atoms with E-state index >= 15 is 0 Å². The molecule has 0 aromatic carbocycles. The highest BCUT2D eigenvalue weighted by molar-refractivity contribution is 7.10. The van der Waals surface area contributed by atoms with Crippen molar-refractivity contribution in [1.82, 2.24) is 14.7 Å². The Morgan fingerprint density at radius 1 is 1.46 bits per heavy atom. The molecule has 2 aromatic heterocycles. The molecule has 0 fully saturated rings. The van der Waals surface area contributed by atoms with Gasteiger partial charge in [-0.2, -0.15) is 18.3 Å². The lowest BCUT2D eigenvalue weighted by Crippen LogP contribution is -2.39. The van der Waals surface area contributed by atoms with Gasteiger partial charge < -0.3 is 4.90 Å². The quantitative estimate of drug-likeness (QED) is 0.828. The Labute approximate surface area is 141 Å². The van der Waals surface area contributed by atoms with E-state index in [-0.39, 0.29) is 18.5 Å². The lowest BCUT2D eigenvalue weighted by atomic mass is 9.97. The van der Waals surface area contributed by atoms with Crippen molar-refractivity contribution >= 4 is 17.2 Å². The van der Waals surface area contributed by atoms with Crippen LogP contribution < -0.4 is 0 Å². The average molecular weight is 357 g/mol. The van der Waals surface area contributed by atoms with Crippen molar-refractivity contribution in [2.45, 2.75) is 44.9 Å².